The fourth-order valence-corrected chi connectivity index (χ4v) is 1.16. The number of hydrogen-bond acceptors (Lipinski definition) is 4. The zero-order chi connectivity index (χ0) is 10.4. The Bertz CT molecular complexity index is 219. The fraction of sp³-hybridized carbons (Fsp3) is 0.778. The largest absolute Gasteiger partial charge is 0.466 e. The molecule has 1 saturated heterocycles. The first-order valence-corrected chi connectivity index (χ1v) is 4.90. The molecule has 0 aliphatic carbocycles. The van der Waals surface area contributed by atoms with Crippen LogP contribution >= 0.6 is 12.4 Å². The third-order valence-electron chi connectivity index (χ3n) is 2.07. The first-order valence-electron chi connectivity index (χ1n) is 4.90. The number of hydrogen-bond donors (Lipinski definition) is 2. The van der Waals surface area contributed by atoms with Crippen molar-refractivity contribution in [2.45, 2.75) is 25.8 Å². The lowest BCUT2D eigenvalue weighted by Gasteiger charge is -2.26. The van der Waals surface area contributed by atoms with E-state index in [1.165, 1.54) is 0 Å². The quantitative estimate of drug-likeness (QED) is 0.651. The molecular weight excluding hydrogens is 220 g/mol. The summed E-state index contributed by atoms with van der Waals surface area (Å²) in [4.78, 5) is 22.1. The highest BCUT2D eigenvalue weighted by Crippen LogP contribution is 2.00. The average molecular weight is 237 g/mol. The van der Waals surface area contributed by atoms with Gasteiger partial charge in [0.15, 0.2) is 0 Å². The molecule has 0 spiro atoms. The van der Waals surface area contributed by atoms with Crippen molar-refractivity contribution in [3.05, 3.63) is 0 Å². The van der Waals surface area contributed by atoms with Gasteiger partial charge in [-0.15, -0.1) is 12.4 Å². The number of ether oxygens (including phenoxy) is 1. The van der Waals surface area contributed by atoms with Crippen LogP contribution in [0, 0.1) is 0 Å². The van der Waals surface area contributed by atoms with Gasteiger partial charge in [0.05, 0.1) is 19.1 Å². The van der Waals surface area contributed by atoms with Crippen LogP contribution in [-0.2, 0) is 14.3 Å². The van der Waals surface area contributed by atoms with Crippen LogP contribution in [0.2, 0.25) is 0 Å². The Balaban J connectivity index is 0.00000196. The number of carbonyl (C=O) groups excluding carboxylic acids is 2. The van der Waals surface area contributed by atoms with Gasteiger partial charge in [-0.3, -0.25) is 9.59 Å². The monoisotopic (exact) mass is 236 g/mol. The van der Waals surface area contributed by atoms with Gasteiger partial charge in [-0.2, -0.15) is 0 Å². The smallest absolute Gasteiger partial charge is 0.307 e. The third-order valence-corrected chi connectivity index (χ3v) is 2.07. The van der Waals surface area contributed by atoms with Crippen molar-refractivity contribution in [3.63, 3.8) is 0 Å². The zero-order valence-electron chi connectivity index (χ0n) is 8.75. The van der Waals surface area contributed by atoms with Gasteiger partial charge < -0.3 is 15.4 Å². The molecule has 0 saturated carbocycles. The molecule has 1 heterocycles. The molecule has 0 aromatic rings. The predicted octanol–water partition coefficient (Wildman–Crippen LogP) is -0.161. The van der Waals surface area contributed by atoms with E-state index in [-0.39, 0.29) is 36.7 Å². The molecular formula is C9H17ClN2O3. The lowest BCUT2D eigenvalue weighted by molar-refractivity contribution is -0.143. The van der Waals surface area contributed by atoms with Crippen molar-refractivity contribution < 1.29 is 14.3 Å². The summed E-state index contributed by atoms with van der Waals surface area (Å²) >= 11 is 0. The van der Waals surface area contributed by atoms with Crippen LogP contribution < -0.4 is 10.6 Å². The Morgan fingerprint density at radius 2 is 2.20 bits per heavy atom. The molecule has 1 aliphatic heterocycles. The van der Waals surface area contributed by atoms with Crippen molar-refractivity contribution in [1.82, 2.24) is 10.6 Å². The van der Waals surface area contributed by atoms with Crippen LogP contribution in [0.3, 0.4) is 0 Å². The van der Waals surface area contributed by atoms with Gasteiger partial charge in [-0.05, 0) is 19.9 Å². The fourth-order valence-electron chi connectivity index (χ4n) is 1.16. The molecule has 1 rings (SSSR count). The highest BCUT2D eigenvalue weighted by Gasteiger charge is 2.23. The van der Waals surface area contributed by atoms with Gasteiger partial charge in [-0.25, -0.2) is 0 Å². The van der Waals surface area contributed by atoms with Gasteiger partial charge in [0.1, 0.15) is 0 Å². The lowest BCUT2D eigenvalue weighted by atomic mass is 10.1. The van der Waals surface area contributed by atoms with Gasteiger partial charge in [0.2, 0.25) is 5.91 Å². The maximum Gasteiger partial charge on any atom is 0.307 e. The van der Waals surface area contributed by atoms with E-state index < -0.39 is 0 Å². The van der Waals surface area contributed by atoms with Crippen LogP contribution in [0.4, 0.5) is 0 Å². The van der Waals surface area contributed by atoms with Gasteiger partial charge >= 0.3 is 5.97 Å². The topological polar surface area (TPSA) is 67.4 Å². The van der Waals surface area contributed by atoms with E-state index >= 15 is 0 Å². The minimum absolute atomic E-state index is 0. The van der Waals surface area contributed by atoms with Crippen molar-refractivity contribution in [1.29, 1.82) is 0 Å². The number of carbonyl (C=O) groups is 2. The summed E-state index contributed by atoms with van der Waals surface area (Å²) in [5, 5.41) is 5.65. The molecule has 15 heavy (non-hydrogen) atoms. The maximum absolute atomic E-state index is 11.2. The molecule has 2 N–H and O–H groups in total. The van der Waals surface area contributed by atoms with Crippen LogP contribution in [0.25, 0.3) is 0 Å². The first kappa shape index (κ1) is 14.2. The lowest BCUT2D eigenvalue weighted by Crippen LogP contribution is -2.53. The molecule has 1 aliphatic rings. The highest BCUT2D eigenvalue weighted by atomic mass is 35.5. The van der Waals surface area contributed by atoms with Gasteiger partial charge in [0.25, 0.3) is 0 Å². The highest BCUT2D eigenvalue weighted by molar-refractivity contribution is 5.85. The summed E-state index contributed by atoms with van der Waals surface area (Å²) in [7, 11) is 0. The van der Waals surface area contributed by atoms with Crippen LogP contribution in [0.5, 0.6) is 0 Å². The van der Waals surface area contributed by atoms with Crippen LogP contribution in [0.15, 0.2) is 0 Å². The van der Waals surface area contributed by atoms with Gasteiger partial charge in [0, 0.05) is 6.54 Å². The second-order valence-electron chi connectivity index (χ2n) is 3.14. The number of nitrogens with one attached hydrogen (secondary N) is 2. The summed E-state index contributed by atoms with van der Waals surface area (Å²) in [6, 6.07) is -0.0582. The standard InChI is InChI=1S/C9H16N2O3.ClH/c1-2-14-8(12)4-6-11-9(13)7-3-5-10-7;/h7,10H,2-6H2,1H3,(H,11,13);1H/t7-;/m1./s1. The van der Waals surface area contributed by atoms with Crippen molar-refractivity contribution in [2.24, 2.45) is 0 Å². The van der Waals surface area contributed by atoms with E-state index in [1.807, 2.05) is 0 Å². The molecule has 1 fully saturated rings. The van der Waals surface area contributed by atoms with E-state index in [0.29, 0.717) is 13.2 Å². The van der Waals surface area contributed by atoms with Gasteiger partial charge in [-0.1, -0.05) is 0 Å². The average Bonchev–Trinajstić information content (AvgIpc) is 2.01. The SMILES string of the molecule is CCOC(=O)CCNC(=O)[C@H]1CCN1.Cl. The number of halogens is 1. The molecule has 0 bridgehead atoms. The van der Waals surface area contributed by atoms with Crippen molar-refractivity contribution in [3.8, 4) is 0 Å². The minimum atomic E-state index is -0.269. The van der Waals surface area contributed by atoms with E-state index in [4.69, 9.17) is 4.74 Å². The first-order chi connectivity index (χ1) is 6.74. The Morgan fingerprint density at radius 1 is 1.53 bits per heavy atom. The molecule has 5 nitrogen and oxygen atoms in total. The predicted molar refractivity (Wildman–Crippen MR) is 57.9 cm³/mol. The maximum atomic E-state index is 11.2. The molecule has 6 heteroatoms. The number of amides is 1. The van der Waals surface area contributed by atoms with E-state index in [2.05, 4.69) is 10.6 Å². The minimum Gasteiger partial charge on any atom is -0.466 e. The summed E-state index contributed by atoms with van der Waals surface area (Å²) in [6.45, 7) is 3.40. The summed E-state index contributed by atoms with van der Waals surface area (Å²) < 4.78 is 4.72. The Kier molecular flexibility index (Phi) is 7.07. The normalized spacial score (nSPS) is 18.3. The second kappa shape index (κ2) is 7.48. The van der Waals surface area contributed by atoms with Crippen LogP contribution in [-0.4, -0.2) is 37.6 Å². The van der Waals surface area contributed by atoms with E-state index in [1.54, 1.807) is 6.92 Å². The van der Waals surface area contributed by atoms with E-state index in [0.717, 1.165) is 13.0 Å². The Hall–Kier alpha value is -0.810. The summed E-state index contributed by atoms with van der Waals surface area (Å²) in [6.07, 6.45) is 1.12. The molecule has 0 unspecified atom stereocenters. The summed E-state index contributed by atoms with van der Waals surface area (Å²) in [5.74, 6) is -0.296. The van der Waals surface area contributed by atoms with E-state index in [9.17, 15) is 9.59 Å². The number of esters is 1. The number of rotatable bonds is 5. The summed E-state index contributed by atoms with van der Waals surface area (Å²) in [5.41, 5.74) is 0. The van der Waals surface area contributed by atoms with Crippen molar-refractivity contribution >= 4 is 24.3 Å². The Morgan fingerprint density at radius 3 is 2.67 bits per heavy atom. The molecule has 0 aromatic carbocycles. The zero-order valence-corrected chi connectivity index (χ0v) is 9.56. The Labute approximate surface area is 95.3 Å². The second-order valence-corrected chi connectivity index (χ2v) is 3.14. The molecule has 88 valence electrons. The molecule has 0 radical (unpaired) electrons. The molecule has 0 aromatic heterocycles. The molecule has 1 amide bonds. The molecule has 1 atom stereocenters. The van der Waals surface area contributed by atoms with Crippen molar-refractivity contribution in [2.75, 3.05) is 19.7 Å². The third kappa shape index (κ3) is 4.99. The van der Waals surface area contributed by atoms with Crippen LogP contribution in [0.1, 0.15) is 19.8 Å².